The zero-order valence-corrected chi connectivity index (χ0v) is 7.58. The van der Waals surface area contributed by atoms with E-state index in [4.69, 9.17) is 0 Å². The normalized spacial score (nSPS) is 31.6. The van der Waals surface area contributed by atoms with Crippen molar-refractivity contribution in [1.82, 2.24) is 4.90 Å². The molecule has 0 heterocycles. The summed E-state index contributed by atoms with van der Waals surface area (Å²) in [5.74, 6) is 0. The predicted octanol–water partition coefficient (Wildman–Crippen LogP) is 1.24. The van der Waals surface area contributed by atoms with Crippen LogP contribution in [0.1, 0.15) is 33.1 Å². The standard InChI is InChI=1S/C9H19NO/c1-3-10(4-2)8-6-5-7-9(8)11/h8-9,11H,3-7H2,1-2H3/t8-,9-/m1/s1. The third-order valence-electron chi connectivity index (χ3n) is 2.73. The number of hydrogen-bond acceptors (Lipinski definition) is 2. The summed E-state index contributed by atoms with van der Waals surface area (Å²) in [4.78, 5) is 2.36. The molecule has 0 radical (unpaired) electrons. The Morgan fingerprint density at radius 2 is 1.91 bits per heavy atom. The van der Waals surface area contributed by atoms with E-state index in [-0.39, 0.29) is 6.10 Å². The smallest absolute Gasteiger partial charge is 0.0695 e. The number of likely N-dealkylation sites (N-methyl/N-ethyl adjacent to an activating group) is 1. The second-order valence-electron chi connectivity index (χ2n) is 3.29. The molecule has 2 nitrogen and oxygen atoms in total. The number of aliphatic hydroxyl groups excluding tert-OH is 1. The van der Waals surface area contributed by atoms with Crippen LogP contribution in [-0.2, 0) is 0 Å². The molecule has 0 saturated heterocycles. The molecule has 1 rings (SSSR count). The van der Waals surface area contributed by atoms with Crippen LogP contribution >= 0.6 is 0 Å². The lowest BCUT2D eigenvalue weighted by molar-refractivity contribution is 0.0771. The molecular weight excluding hydrogens is 138 g/mol. The summed E-state index contributed by atoms with van der Waals surface area (Å²) in [6.45, 7) is 6.46. The molecule has 1 aliphatic carbocycles. The van der Waals surface area contributed by atoms with E-state index in [1.165, 1.54) is 12.8 Å². The predicted molar refractivity (Wildman–Crippen MR) is 46.6 cm³/mol. The molecule has 2 atom stereocenters. The Labute approximate surface area is 69.2 Å². The summed E-state index contributed by atoms with van der Waals surface area (Å²) in [5, 5.41) is 9.58. The van der Waals surface area contributed by atoms with E-state index in [2.05, 4.69) is 18.7 Å². The molecule has 1 saturated carbocycles. The SMILES string of the molecule is CCN(CC)[C@@H]1CCC[C@H]1O. The summed E-state index contributed by atoms with van der Waals surface area (Å²) in [5.41, 5.74) is 0. The van der Waals surface area contributed by atoms with E-state index in [1.807, 2.05) is 0 Å². The summed E-state index contributed by atoms with van der Waals surface area (Å²) < 4.78 is 0. The Hall–Kier alpha value is -0.0800. The molecule has 0 aromatic rings. The van der Waals surface area contributed by atoms with Gasteiger partial charge in [-0.05, 0) is 32.4 Å². The van der Waals surface area contributed by atoms with Gasteiger partial charge in [-0.25, -0.2) is 0 Å². The van der Waals surface area contributed by atoms with Gasteiger partial charge in [-0.1, -0.05) is 13.8 Å². The van der Waals surface area contributed by atoms with Gasteiger partial charge in [0.2, 0.25) is 0 Å². The monoisotopic (exact) mass is 157 g/mol. The van der Waals surface area contributed by atoms with Crippen molar-refractivity contribution in [1.29, 1.82) is 0 Å². The Bertz CT molecular complexity index is 112. The lowest BCUT2D eigenvalue weighted by Crippen LogP contribution is -2.39. The lowest BCUT2D eigenvalue weighted by Gasteiger charge is -2.28. The maximum atomic E-state index is 9.58. The molecular formula is C9H19NO. The van der Waals surface area contributed by atoms with E-state index < -0.39 is 0 Å². The highest BCUT2D eigenvalue weighted by atomic mass is 16.3. The minimum atomic E-state index is -0.0603. The first-order valence-electron chi connectivity index (χ1n) is 4.71. The van der Waals surface area contributed by atoms with Crippen molar-refractivity contribution in [3.05, 3.63) is 0 Å². The number of nitrogens with zero attached hydrogens (tertiary/aromatic N) is 1. The molecule has 11 heavy (non-hydrogen) atoms. The summed E-state index contributed by atoms with van der Waals surface area (Å²) >= 11 is 0. The van der Waals surface area contributed by atoms with Crippen molar-refractivity contribution < 1.29 is 5.11 Å². The molecule has 1 N–H and O–H groups in total. The van der Waals surface area contributed by atoms with Gasteiger partial charge in [0.25, 0.3) is 0 Å². The Kier molecular flexibility index (Phi) is 3.34. The van der Waals surface area contributed by atoms with Gasteiger partial charge in [0.05, 0.1) is 6.10 Å². The van der Waals surface area contributed by atoms with Crippen LogP contribution in [0.15, 0.2) is 0 Å². The highest BCUT2D eigenvalue weighted by Crippen LogP contribution is 2.23. The second-order valence-corrected chi connectivity index (χ2v) is 3.29. The average molecular weight is 157 g/mol. The van der Waals surface area contributed by atoms with E-state index in [0.717, 1.165) is 19.5 Å². The second kappa shape index (κ2) is 4.07. The minimum Gasteiger partial charge on any atom is -0.391 e. The van der Waals surface area contributed by atoms with E-state index >= 15 is 0 Å². The molecule has 0 amide bonds. The van der Waals surface area contributed by atoms with E-state index in [0.29, 0.717) is 6.04 Å². The Morgan fingerprint density at radius 3 is 2.27 bits per heavy atom. The number of rotatable bonds is 3. The van der Waals surface area contributed by atoms with Gasteiger partial charge < -0.3 is 5.11 Å². The molecule has 0 spiro atoms. The van der Waals surface area contributed by atoms with Crippen molar-refractivity contribution in [3.8, 4) is 0 Å². The molecule has 2 heteroatoms. The summed E-state index contributed by atoms with van der Waals surface area (Å²) in [7, 11) is 0. The van der Waals surface area contributed by atoms with Gasteiger partial charge in [-0.15, -0.1) is 0 Å². The highest BCUT2D eigenvalue weighted by molar-refractivity contribution is 4.83. The first-order chi connectivity index (χ1) is 5.29. The molecule has 0 aromatic heterocycles. The van der Waals surface area contributed by atoms with Crippen molar-refractivity contribution in [2.24, 2.45) is 0 Å². The van der Waals surface area contributed by atoms with Gasteiger partial charge in [0.1, 0.15) is 0 Å². The third-order valence-corrected chi connectivity index (χ3v) is 2.73. The quantitative estimate of drug-likeness (QED) is 0.666. The zero-order valence-electron chi connectivity index (χ0n) is 7.58. The first-order valence-corrected chi connectivity index (χ1v) is 4.71. The van der Waals surface area contributed by atoms with Crippen molar-refractivity contribution >= 4 is 0 Å². The molecule has 66 valence electrons. The van der Waals surface area contributed by atoms with Crippen molar-refractivity contribution in [2.45, 2.75) is 45.3 Å². The maximum Gasteiger partial charge on any atom is 0.0695 e. The van der Waals surface area contributed by atoms with Crippen LogP contribution in [0.25, 0.3) is 0 Å². The molecule has 0 bridgehead atoms. The number of aliphatic hydroxyl groups is 1. The Morgan fingerprint density at radius 1 is 1.27 bits per heavy atom. The fourth-order valence-corrected chi connectivity index (χ4v) is 2.04. The van der Waals surface area contributed by atoms with Gasteiger partial charge >= 0.3 is 0 Å². The minimum absolute atomic E-state index is 0.0603. The van der Waals surface area contributed by atoms with Crippen LogP contribution in [0.4, 0.5) is 0 Å². The maximum absolute atomic E-state index is 9.58. The average Bonchev–Trinajstić information content (AvgIpc) is 2.40. The molecule has 0 unspecified atom stereocenters. The van der Waals surface area contributed by atoms with Crippen LogP contribution in [0.3, 0.4) is 0 Å². The van der Waals surface area contributed by atoms with Crippen molar-refractivity contribution in [3.63, 3.8) is 0 Å². The van der Waals surface area contributed by atoms with E-state index in [9.17, 15) is 5.11 Å². The Balaban J connectivity index is 2.43. The fourth-order valence-electron chi connectivity index (χ4n) is 2.04. The van der Waals surface area contributed by atoms with E-state index in [1.54, 1.807) is 0 Å². The van der Waals surface area contributed by atoms with Gasteiger partial charge in [0.15, 0.2) is 0 Å². The van der Waals surface area contributed by atoms with Crippen LogP contribution < -0.4 is 0 Å². The van der Waals surface area contributed by atoms with Gasteiger partial charge in [-0.2, -0.15) is 0 Å². The topological polar surface area (TPSA) is 23.5 Å². The summed E-state index contributed by atoms with van der Waals surface area (Å²) in [6, 6.07) is 0.449. The van der Waals surface area contributed by atoms with Gasteiger partial charge in [-0.3, -0.25) is 4.90 Å². The molecule has 0 aromatic carbocycles. The van der Waals surface area contributed by atoms with Crippen LogP contribution in [0.2, 0.25) is 0 Å². The number of hydrogen-bond donors (Lipinski definition) is 1. The van der Waals surface area contributed by atoms with Crippen LogP contribution in [0, 0.1) is 0 Å². The molecule has 1 fully saturated rings. The highest BCUT2D eigenvalue weighted by Gasteiger charge is 2.28. The van der Waals surface area contributed by atoms with Gasteiger partial charge in [0, 0.05) is 6.04 Å². The first kappa shape index (κ1) is 9.01. The van der Waals surface area contributed by atoms with Crippen molar-refractivity contribution in [2.75, 3.05) is 13.1 Å². The van der Waals surface area contributed by atoms with Crippen LogP contribution in [-0.4, -0.2) is 35.2 Å². The fraction of sp³-hybridized carbons (Fsp3) is 1.00. The largest absolute Gasteiger partial charge is 0.391 e. The third kappa shape index (κ3) is 1.94. The zero-order chi connectivity index (χ0) is 8.27. The summed E-state index contributed by atoms with van der Waals surface area (Å²) in [6.07, 6.45) is 3.32. The lowest BCUT2D eigenvalue weighted by atomic mass is 10.2. The molecule has 1 aliphatic rings. The molecule has 0 aliphatic heterocycles. The van der Waals surface area contributed by atoms with Crippen LogP contribution in [0.5, 0.6) is 0 Å².